The van der Waals surface area contributed by atoms with Gasteiger partial charge >= 0.3 is 6.03 Å². The Morgan fingerprint density at radius 1 is 1.04 bits per heavy atom. The summed E-state index contributed by atoms with van der Waals surface area (Å²) in [5, 5.41) is 4.10. The summed E-state index contributed by atoms with van der Waals surface area (Å²) in [7, 11) is 0. The summed E-state index contributed by atoms with van der Waals surface area (Å²) in [6.07, 6.45) is 6.02. The van der Waals surface area contributed by atoms with Crippen molar-refractivity contribution in [1.82, 2.24) is 20.0 Å². The summed E-state index contributed by atoms with van der Waals surface area (Å²) < 4.78 is 0. The van der Waals surface area contributed by atoms with Gasteiger partial charge in [0.1, 0.15) is 0 Å². The molecule has 3 aliphatic rings. The van der Waals surface area contributed by atoms with E-state index in [0.29, 0.717) is 12.1 Å². The highest BCUT2D eigenvalue weighted by Crippen LogP contribution is 2.22. The molecule has 0 radical (unpaired) electrons. The van der Waals surface area contributed by atoms with Crippen LogP contribution in [0.15, 0.2) is 24.3 Å². The van der Waals surface area contributed by atoms with E-state index in [4.69, 9.17) is 11.6 Å². The van der Waals surface area contributed by atoms with Gasteiger partial charge in [0, 0.05) is 49.8 Å². The molecule has 0 saturated carbocycles. The second-order valence-corrected chi connectivity index (χ2v) is 8.65. The molecule has 4 rings (SSSR count). The van der Waals surface area contributed by atoms with Crippen molar-refractivity contribution in [1.29, 1.82) is 0 Å². The SMILES string of the molecule is O=C(NC1CCN(Cc2ccccc2Cl)CC1)N1CC(N2CCCCC2)C1. The van der Waals surface area contributed by atoms with E-state index in [0.717, 1.165) is 50.6 Å². The van der Waals surface area contributed by atoms with Gasteiger partial charge in [-0.15, -0.1) is 0 Å². The van der Waals surface area contributed by atoms with Crippen LogP contribution in [0.3, 0.4) is 0 Å². The van der Waals surface area contributed by atoms with Crippen LogP contribution in [0, 0.1) is 0 Å². The third-order valence-electron chi connectivity index (χ3n) is 6.32. The number of piperidine rings is 2. The predicted molar refractivity (Wildman–Crippen MR) is 109 cm³/mol. The molecule has 1 aromatic carbocycles. The molecule has 27 heavy (non-hydrogen) atoms. The highest BCUT2D eigenvalue weighted by molar-refractivity contribution is 6.31. The zero-order chi connectivity index (χ0) is 18.6. The molecular formula is C21H31ClN4O. The van der Waals surface area contributed by atoms with Gasteiger partial charge in [-0.25, -0.2) is 4.79 Å². The summed E-state index contributed by atoms with van der Waals surface area (Å²) in [5.41, 5.74) is 1.19. The van der Waals surface area contributed by atoms with Crippen LogP contribution in [0.4, 0.5) is 4.79 Å². The van der Waals surface area contributed by atoms with E-state index in [-0.39, 0.29) is 6.03 Å². The smallest absolute Gasteiger partial charge is 0.317 e. The molecule has 1 aromatic rings. The molecule has 3 heterocycles. The molecule has 0 aromatic heterocycles. The van der Waals surface area contributed by atoms with E-state index in [2.05, 4.69) is 21.2 Å². The van der Waals surface area contributed by atoms with Gasteiger partial charge < -0.3 is 10.2 Å². The zero-order valence-corrected chi connectivity index (χ0v) is 16.8. The topological polar surface area (TPSA) is 38.8 Å². The largest absolute Gasteiger partial charge is 0.335 e. The number of amides is 2. The van der Waals surface area contributed by atoms with Crippen molar-refractivity contribution >= 4 is 17.6 Å². The lowest BCUT2D eigenvalue weighted by molar-refractivity contribution is 0.0432. The fourth-order valence-corrected chi connectivity index (χ4v) is 4.70. The Labute approximate surface area is 167 Å². The van der Waals surface area contributed by atoms with Crippen LogP contribution in [0.2, 0.25) is 5.02 Å². The molecule has 0 atom stereocenters. The van der Waals surface area contributed by atoms with Crippen molar-refractivity contribution < 1.29 is 4.79 Å². The first-order valence-corrected chi connectivity index (χ1v) is 10.8. The summed E-state index contributed by atoms with van der Waals surface area (Å²) in [6, 6.07) is 9.08. The minimum atomic E-state index is 0.132. The standard InChI is InChI=1S/C21H31ClN4O/c22-20-7-3-2-6-17(20)14-24-12-8-18(9-13-24)23-21(27)26-15-19(16-26)25-10-4-1-5-11-25/h2-3,6-7,18-19H,1,4-5,8-16H2,(H,23,27). The van der Waals surface area contributed by atoms with Crippen LogP contribution >= 0.6 is 11.6 Å². The van der Waals surface area contributed by atoms with E-state index < -0.39 is 0 Å². The minimum absolute atomic E-state index is 0.132. The second-order valence-electron chi connectivity index (χ2n) is 8.25. The quantitative estimate of drug-likeness (QED) is 0.858. The number of hydrogen-bond donors (Lipinski definition) is 1. The summed E-state index contributed by atoms with van der Waals surface area (Å²) in [6.45, 7) is 7.13. The van der Waals surface area contributed by atoms with Crippen molar-refractivity contribution in [2.45, 2.75) is 50.7 Å². The minimum Gasteiger partial charge on any atom is -0.335 e. The molecule has 3 saturated heterocycles. The number of nitrogens with one attached hydrogen (secondary N) is 1. The summed E-state index contributed by atoms with van der Waals surface area (Å²) in [5.74, 6) is 0. The van der Waals surface area contributed by atoms with Gasteiger partial charge in [-0.3, -0.25) is 9.80 Å². The Balaban J connectivity index is 1.16. The lowest BCUT2D eigenvalue weighted by Gasteiger charge is -2.47. The lowest BCUT2D eigenvalue weighted by Crippen LogP contribution is -2.64. The third kappa shape index (κ3) is 4.76. The number of hydrogen-bond acceptors (Lipinski definition) is 3. The van der Waals surface area contributed by atoms with Gasteiger partial charge in [0.05, 0.1) is 0 Å². The van der Waals surface area contributed by atoms with Gasteiger partial charge in [0.25, 0.3) is 0 Å². The number of carbonyl (C=O) groups excluding carboxylic acids is 1. The normalized spacial score (nSPS) is 23.2. The van der Waals surface area contributed by atoms with Crippen molar-refractivity contribution in [3.63, 3.8) is 0 Å². The molecule has 3 fully saturated rings. The first-order chi connectivity index (χ1) is 13.2. The Morgan fingerprint density at radius 2 is 1.74 bits per heavy atom. The molecule has 2 amide bonds. The van der Waals surface area contributed by atoms with E-state index in [1.165, 1.54) is 37.9 Å². The highest BCUT2D eigenvalue weighted by atomic mass is 35.5. The molecule has 0 bridgehead atoms. The second kappa shape index (κ2) is 8.80. The van der Waals surface area contributed by atoms with Crippen LogP contribution in [0.5, 0.6) is 0 Å². The van der Waals surface area contributed by atoms with Gasteiger partial charge in [0.2, 0.25) is 0 Å². The maximum atomic E-state index is 12.5. The monoisotopic (exact) mass is 390 g/mol. The maximum Gasteiger partial charge on any atom is 0.317 e. The zero-order valence-electron chi connectivity index (χ0n) is 16.1. The van der Waals surface area contributed by atoms with Gasteiger partial charge in [0.15, 0.2) is 0 Å². The molecular weight excluding hydrogens is 360 g/mol. The Hall–Kier alpha value is -1.30. The van der Waals surface area contributed by atoms with E-state index in [1.54, 1.807) is 0 Å². The Bertz CT molecular complexity index is 635. The molecule has 0 spiro atoms. The summed E-state index contributed by atoms with van der Waals surface area (Å²) in [4.78, 5) is 19.5. The summed E-state index contributed by atoms with van der Waals surface area (Å²) >= 11 is 6.27. The Morgan fingerprint density at radius 3 is 2.44 bits per heavy atom. The number of likely N-dealkylation sites (tertiary alicyclic amines) is 3. The number of urea groups is 1. The van der Waals surface area contributed by atoms with Crippen molar-refractivity contribution in [2.24, 2.45) is 0 Å². The number of carbonyl (C=O) groups is 1. The molecule has 0 aliphatic carbocycles. The molecule has 6 heteroatoms. The predicted octanol–water partition coefficient (Wildman–Crippen LogP) is 3.18. The van der Waals surface area contributed by atoms with E-state index in [9.17, 15) is 4.79 Å². The van der Waals surface area contributed by atoms with Crippen LogP contribution in [0.25, 0.3) is 0 Å². The van der Waals surface area contributed by atoms with Crippen LogP contribution in [-0.4, -0.2) is 72.1 Å². The number of benzene rings is 1. The average molecular weight is 391 g/mol. The molecule has 3 aliphatic heterocycles. The maximum absolute atomic E-state index is 12.5. The fourth-order valence-electron chi connectivity index (χ4n) is 4.50. The van der Waals surface area contributed by atoms with Crippen molar-refractivity contribution in [3.05, 3.63) is 34.9 Å². The van der Waals surface area contributed by atoms with Crippen LogP contribution < -0.4 is 5.32 Å². The first-order valence-electron chi connectivity index (χ1n) is 10.4. The molecule has 148 valence electrons. The van der Waals surface area contributed by atoms with E-state index >= 15 is 0 Å². The average Bonchev–Trinajstić information content (AvgIpc) is 2.65. The fraction of sp³-hybridized carbons (Fsp3) is 0.667. The van der Waals surface area contributed by atoms with Gasteiger partial charge in [-0.2, -0.15) is 0 Å². The molecule has 1 N–H and O–H groups in total. The highest BCUT2D eigenvalue weighted by Gasteiger charge is 2.36. The van der Waals surface area contributed by atoms with E-state index in [1.807, 2.05) is 23.1 Å². The third-order valence-corrected chi connectivity index (χ3v) is 6.69. The molecule has 5 nitrogen and oxygen atoms in total. The van der Waals surface area contributed by atoms with Crippen LogP contribution in [-0.2, 0) is 6.54 Å². The van der Waals surface area contributed by atoms with Gasteiger partial charge in [-0.05, 0) is 50.4 Å². The molecule has 0 unspecified atom stereocenters. The lowest BCUT2D eigenvalue weighted by atomic mass is 10.0. The first kappa shape index (κ1) is 19.0. The Kier molecular flexibility index (Phi) is 6.21. The van der Waals surface area contributed by atoms with Crippen molar-refractivity contribution in [2.75, 3.05) is 39.3 Å². The number of rotatable bonds is 4. The van der Waals surface area contributed by atoms with Crippen LogP contribution in [0.1, 0.15) is 37.7 Å². The van der Waals surface area contributed by atoms with Gasteiger partial charge in [-0.1, -0.05) is 36.2 Å². The van der Waals surface area contributed by atoms with Crippen molar-refractivity contribution in [3.8, 4) is 0 Å². The number of nitrogens with zero attached hydrogens (tertiary/aromatic N) is 3. The number of halogens is 1.